The monoisotopic (exact) mass is 511 g/mol. The van der Waals surface area contributed by atoms with E-state index in [0.29, 0.717) is 30.0 Å². The van der Waals surface area contributed by atoms with E-state index in [1.54, 1.807) is 57.6 Å². The summed E-state index contributed by atoms with van der Waals surface area (Å²) in [5.74, 6) is 1.20. The number of aromatic nitrogens is 1. The molecule has 1 saturated heterocycles. The molecule has 4 rings (SSSR count). The van der Waals surface area contributed by atoms with Crippen LogP contribution in [0.5, 0.6) is 11.5 Å². The Bertz CT molecular complexity index is 1320. The number of anilines is 1. The van der Waals surface area contributed by atoms with Crippen LogP contribution in [0.15, 0.2) is 57.9 Å². The van der Waals surface area contributed by atoms with E-state index in [0.717, 1.165) is 11.3 Å². The number of aryl methyl sites for hydroxylation is 1. The summed E-state index contributed by atoms with van der Waals surface area (Å²) >= 11 is 0. The lowest BCUT2D eigenvalue weighted by atomic mass is 9.97. The van der Waals surface area contributed by atoms with Crippen molar-refractivity contribution < 1.29 is 27.2 Å². The molecule has 1 aliphatic heterocycles. The lowest BCUT2D eigenvalue weighted by Gasteiger charge is -2.30. The highest BCUT2D eigenvalue weighted by Gasteiger charge is 2.36. The molecule has 1 fully saturated rings. The fraction of sp³-hybridized carbons (Fsp3) is 0.308. The highest BCUT2D eigenvalue weighted by atomic mass is 32.2. The van der Waals surface area contributed by atoms with E-state index in [1.165, 1.54) is 4.31 Å². The maximum absolute atomic E-state index is 13.5. The molecule has 2 aromatic carbocycles. The number of nitrogens with zero attached hydrogens (tertiary/aromatic N) is 2. The van der Waals surface area contributed by atoms with Crippen LogP contribution in [-0.2, 0) is 14.8 Å². The number of hydrogen-bond donors (Lipinski definition) is 1. The van der Waals surface area contributed by atoms with Crippen molar-refractivity contribution in [2.75, 3.05) is 32.6 Å². The Hall–Kier alpha value is -3.63. The van der Waals surface area contributed by atoms with Crippen molar-refractivity contribution in [2.45, 2.75) is 24.7 Å². The molecule has 1 amide bonds. The van der Waals surface area contributed by atoms with Gasteiger partial charge in [-0.3, -0.25) is 4.79 Å². The van der Waals surface area contributed by atoms with E-state index >= 15 is 0 Å². The fourth-order valence-corrected chi connectivity index (χ4v) is 5.81. The summed E-state index contributed by atoms with van der Waals surface area (Å²) < 4.78 is 44.0. The molecular formula is C26H29N3O6S. The number of methoxy groups -OCH3 is 2. The first-order valence-electron chi connectivity index (χ1n) is 11.6. The number of ether oxygens (including phenoxy) is 2. The number of carbonyl (C=O) groups excluding carboxylic acids is 1. The minimum atomic E-state index is -3.85. The minimum Gasteiger partial charge on any atom is -0.497 e. The third-order valence-electron chi connectivity index (χ3n) is 6.16. The van der Waals surface area contributed by atoms with E-state index in [2.05, 4.69) is 10.5 Å². The van der Waals surface area contributed by atoms with Gasteiger partial charge in [-0.05, 0) is 67.8 Å². The zero-order valence-corrected chi connectivity index (χ0v) is 21.2. The Morgan fingerprint density at radius 1 is 1.00 bits per heavy atom. The van der Waals surface area contributed by atoms with Crippen LogP contribution in [0.2, 0.25) is 0 Å². The van der Waals surface area contributed by atoms with Crippen LogP contribution >= 0.6 is 0 Å². The summed E-state index contributed by atoms with van der Waals surface area (Å²) in [4.78, 5) is 12.8. The molecule has 0 spiro atoms. The van der Waals surface area contributed by atoms with Crippen LogP contribution < -0.4 is 14.8 Å². The number of rotatable bonds is 8. The minimum absolute atomic E-state index is 0.0494. The second-order valence-corrected chi connectivity index (χ2v) is 10.3. The normalized spacial score (nSPS) is 15.2. The molecule has 2 heterocycles. The molecule has 0 bridgehead atoms. The van der Waals surface area contributed by atoms with Crippen molar-refractivity contribution >= 4 is 33.8 Å². The molecule has 9 nitrogen and oxygen atoms in total. The molecular weight excluding hydrogens is 482 g/mol. The molecule has 0 atom stereocenters. The highest BCUT2D eigenvalue weighted by molar-refractivity contribution is 7.89. The fourth-order valence-electron chi connectivity index (χ4n) is 4.09. The number of benzene rings is 2. The Labute approximate surface area is 210 Å². The van der Waals surface area contributed by atoms with Gasteiger partial charge in [0.1, 0.15) is 17.2 Å². The Morgan fingerprint density at radius 3 is 2.17 bits per heavy atom. The van der Waals surface area contributed by atoms with E-state index in [1.807, 2.05) is 24.3 Å². The van der Waals surface area contributed by atoms with E-state index in [-0.39, 0.29) is 35.6 Å². The van der Waals surface area contributed by atoms with Crippen molar-refractivity contribution in [2.24, 2.45) is 5.92 Å². The molecule has 3 aromatic rings. The van der Waals surface area contributed by atoms with Crippen molar-refractivity contribution in [3.05, 3.63) is 65.5 Å². The van der Waals surface area contributed by atoms with Gasteiger partial charge in [0.15, 0.2) is 10.7 Å². The smallest absolute Gasteiger partial charge is 0.248 e. The SMILES string of the molecule is COc1ccc(/C=C\c2onc(C)c2S(=O)(=O)N2CCC(C(=O)Nc3ccc(OC)cc3)CC2)cc1. The summed E-state index contributed by atoms with van der Waals surface area (Å²) in [7, 11) is -0.678. The summed E-state index contributed by atoms with van der Waals surface area (Å²) in [6.07, 6.45) is 4.20. The van der Waals surface area contributed by atoms with E-state index < -0.39 is 10.0 Å². The average Bonchev–Trinajstić information content (AvgIpc) is 3.29. The number of hydrogen-bond acceptors (Lipinski definition) is 7. The third-order valence-corrected chi connectivity index (χ3v) is 8.21. The van der Waals surface area contributed by atoms with Gasteiger partial charge in [-0.1, -0.05) is 23.4 Å². The average molecular weight is 512 g/mol. The molecule has 0 aliphatic carbocycles. The Balaban J connectivity index is 1.42. The lowest BCUT2D eigenvalue weighted by Crippen LogP contribution is -2.41. The van der Waals surface area contributed by atoms with Crippen molar-refractivity contribution in [1.29, 1.82) is 0 Å². The predicted molar refractivity (Wildman–Crippen MR) is 136 cm³/mol. The zero-order chi connectivity index (χ0) is 25.7. The molecule has 36 heavy (non-hydrogen) atoms. The zero-order valence-electron chi connectivity index (χ0n) is 20.4. The van der Waals surface area contributed by atoms with Gasteiger partial charge in [0.05, 0.1) is 14.2 Å². The van der Waals surface area contributed by atoms with Gasteiger partial charge in [0.25, 0.3) is 0 Å². The van der Waals surface area contributed by atoms with Gasteiger partial charge in [-0.2, -0.15) is 4.31 Å². The topological polar surface area (TPSA) is 111 Å². The van der Waals surface area contributed by atoms with Crippen molar-refractivity contribution in [1.82, 2.24) is 9.46 Å². The molecule has 1 aliphatic rings. The van der Waals surface area contributed by atoms with Crippen LogP contribution in [0, 0.1) is 12.8 Å². The molecule has 0 radical (unpaired) electrons. The first kappa shape index (κ1) is 25.5. The van der Waals surface area contributed by atoms with Crippen molar-refractivity contribution in [3.8, 4) is 11.5 Å². The number of piperidine rings is 1. The highest BCUT2D eigenvalue weighted by Crippen LogP contribution is 2.30. The first-order chi connectivity index (χ1) is 17.3. The summed E-state index contributed by atoms with van der Waals surface area (Å²) in [6, 6.07) is 14.4. The molecule has 1 N–H and O–H groups in total. The molecule has 0 unspecified atom stereocenters. The number of amides is 1. The standard InChI is InChI=1S/C26H29N3O6S/c1-18-25(24(35-28-18)13-6-19-4-9-22(33-2)10-5-19)36(31,32)29-16-14-20(15-17-29)26(30)27-21-7-11-23(34-3)12-8-21/h4-13,20H,14-17H2,1-3H3,(H,27,30)/b13-6-. The van der Waals surface area contributed by atoms with Crippen LogP contribution in [0.25, 0.3) is 12.2 Å². The third kappa shape index (κ3) is 5.60. The van der Waals surface area contributed by atoms with E-state index in [4.69, 9.17) is 14.0 Å². The first-order valence-corrected chi connectivity index (χ1v) is 13.0. The van der Waals surface area contributed by atoms with Gasteiger partial charge >= 0.3 is 0 Å². The second-order valence-electron chi connectivity index (χ2n) is 8.46. The summed E-state index contributed by atoms with van der Waals surface area (Å²) in [5, 5.41) is 6.79. The predicted octanol–water partition coefficient (Wildman–Crippen LogP) is 4.21. The maximum Gasteiger partial charge on any atom is 0.248 e. The molecule has 0 saturated carbocycles. The molecule has 1 aromatic heterocycles. The van der Waals surface area contributed by atoms with Crippen molar-refractivity contribution in [3.63, 3.8) is 0 Å². The summed E-state index contributed by atoms with van der Waals surface area (Å²) in [6.45, 7) is 2.07. The number of sulfonamides is 1. The summed E-state index contributed by atoms with van der Waals surface area (Å²) in [5.41, 5.74) is 1.82. The quantitative estimate of drug-likeness (QED) is 0.482. The lowest BCUT2D eigenvalue weighted by molar-refractivity contribution is -0.120. The maximum atomic E-state index is 13.5. The van der Waals surface area contributed by atoms with Gasteiger partial charge in [-0.15, -0.1) is 0 Å². The van der Waals surface area contributed by atoms with Crippen LogP contribution in [0.3, 0.4) is 0 Å². The van der Waals surface area contributed by atoms with E-state index in [9.17, 15) is 13.2 Å². The molecule has 10 heteroatoms. The molecule has 190 valence electrons. The Morgan fingerprint density at radius 2 is 1.58 bits per heavy atom. The second kappa shape index (κ2) is 11.0. The van der Waals surface area contributed by atoms with Gasteiger partial charge in [-0.25, -0.2) is 8.42 Å². The van der Waals surface area contributed by atoms with Gasteiger partial charge < -0.3 is 19.3 Å². The number of nitrogens with one attached hydrogen (secondary N) is 1. The van der Waals surface area contributed by atoms with Crippen LogP contribution in [0.1, 0.15) is 29.9 Å². The Kier molecular flexibility index (Phi) is 7.76. The van der Waals surface area contributed by atoms with Gasteiger partial charge in [0, 0.05) is 24.7 Å². The largest absolute Gasteiger partial charge is 0.497 e. The van der Waals surface area contributed by atoms with Crippen LogP contribution in [0.4, 0.5) is 5.69 Å². The van der Waals surface area contributed by atoms with Gasteiger partial charge in [0.2, 0.25) is 15.9 Å². The van der Waals surface area contributed by atoms with Crippen LogP contribution in [-0.4, -0.2) is 51.1 Å². The number of carbonyl (C=O) groups is 1.